The second kappa shape index (κ2) is 10.6. The smallest absolute Gasteiger partial charge is 0.227 e. The van der Waals surface area contributed by atoms with Crippen LogP contribution >= 0.6 is 0 Å². The summed E-state index contributed by atoms with van der Waals surface area (Å²) in [6, 6.07) is 16.4. The predicted octanol–water partition coefficient (Wildman–Crippen LogP) is 3.93. The topological polar surface area (TPSA) is 75.7 Å². The average Bonchev–Trinajstić information content (AvgIpc) is 2.78. The zero-order chi connectivity index (χ0) is 21.3. The van der Waals surface area contributed by atoms with Gasteiger partial charge in [0, 0.05) is 43.1 Å². The number of piperidine rings is 1. The number of hydrogen-bond acceptors (Lipinski definition) is 4. The van der Waals surface area contributed by atoms with E-state index in [0.717, 1.165) is 11.4 Å². The molecule has 1 saturated heterocycles. The van der Waals surface area contributed by atoms with Crippen LogP contribution in [-0.2, 0) is 9.59 Å². The summed E-state index contributed by atoms with van der Waals surface area (Å²) in [7, 11) is 0. The van der Waals surface area contributed by atoms with Crippen LogP contribution in [0.1, 0.15) is 43.0 Å². The number of rotatable bonds is 8. The fourth-order valence-corrected chi connectivity index (χ4v) is 3.58. The first-order chi connectivity index (χ1) is 14.6. The maximum Gasteiger partial charge on any atom is 0.227 e. The lowest BCUT2D eigenvalue weighted by Crippen LogP contribution is -2.41. The summed E-state index contributed by atoms with van der Waals surface area (Å²) in [6.45, 7) is 3.57. The van der Waals surface area contributed by atoms with Gasteiger partial charge in [-0.05, 0) is 56.2 Å². The molecule has 0 spiro atoms. The molecule has 1 N–H and O–H groups in total. The van der Waals surface area contributed by atoms with Gasteiger partial charge in [-0.25, -0.2) is 0 Å². The summed E-state index contributed by atoms with van der Waals surface area (Å²) in [5.74, 6) is 0.544. The average molecular weight is 408 g/mol. The Morgan fingerprint density at radius 3 is 2.27 bits per heavy atom. The molecule has 2 amide bonds. The van der Waals surface area contributed by atoms with Crippen molar-refractivity contribution in [2.45, 2.75) is 32.6 Å². The van der Waals surface area contributed by atoms with E-state index in [-0.39, 0.29) is 36.4 Å². The first-order valence-corrected chi connectivity index (χ1v) is 10.5. The minimum absolute atomic E-state index is 0.000948. The van der Waals surface area contributed by atoms with E-state index >= 15 is 0 Å². The van der Waals surface area contributed by atoms with Crippen molar-refractivity contribution in [2.75, 3.05) is 25.0 Å². The first kappa shape index (κ1) is 21.6. The van der Waals surface area contributed by atoms with Gasteiger partial charge >= 0.3 is 0 Å². The third-order valence-electron chi connectivity index (χ3n) is 5.31. The highest BCUT2D eigenvalue weighted by atomic mass is 16.5. The normalized spacial score (nSPS) is 14.2. The number of likely N-dealkylation sites (tertiary alicyclic amines) is 1. The van der Waals surface area contributed by atoms with E-state index < -0.39 is 0 Å². The van der Waals surface area contributed by atoms with Crippen LogP contribution in [-0.4, -0.2) is 42.2 Å². The molecule has 2 aromatic carbocycles. The zero-order valence-corrected chi connectivity index (χ0v) is 17.3. The van der Waals surface area contributed by atoms with Gasteiger partial charge in [-0.3, -0.25) is 14.4 Å². The summed E-state index contributed by atoms with van der Waals surface area (Å²) < 4.78 is 5.38. The van der Waals surface area contributed by atoms with Crippen molar-refractivity contribution in [1.82, 2.24) is 4.90 Å². The molecule has 1 aliphatic heterocycles. The van der Waals surface area contributed by atoms with Crippen molar-refractivity contribution >= 4 is 23.3 Å². The highest BCUT2D eigenvalue weighted by Crippen LogP contribution is 2.21. The molecule has 6 heteroatoms. The van der Waals surface area contributed by atoms with Gasteiger partial charge in [-0.1, -0.05) is 18.2 Å². The molecule has 0 bridgehead atoms. The molecule has 158 valence electrons. The minimum Gasteiger partial charge on any atom is -0.494 e. The molecule has 6 nitrogen and oxygen atoms in total. The zero-order valence-electron chi connectivity index (χ0n) is 17.3. The third-order valence-corrected chi connectivity index (χ3v) is 5.31. The molecule has 0 unspecified atom stereocenters. The van der Waals surface area contributed by atoms with Gasteiger partial charge in [0.2, 0.25) is 11.8 Å². The van der Waals surface area contributed by atoms with Gasteiger partial charge in [0.15, 0.2) is 5.78 Å². The molecular formula is C24H28N2O4. The first-order valence-electron chi connectivity index (χ1n) is 10.5. The maximum absolute atomic E-state index is 12.5. The molecule has 0 aliphatic carbocycles. The molecule has 1 heterocycles. The molecule has 30 heavy (non-hydrogen) atoms. The van der Waals surface area contributed by atoms with Crippen LogP contribution in [0.2, 0.25) is 0 Å². The lowest BCUT2D eigenvalue weighted by Gasteiger charge is -2.31. The van der Waals surface area contributed by atoms with Crippen molar-refractivity contribution in [3.63, 3.8) is 0 Å². The Bertz CT molecular complexity index is 857. The number of Topliss-reactive ketones (excluding diaryl/α,β-unsaturated/α-hetero) is 1. The van der Waals surface area contributed by atoms with Crippen LogP contribution in [0.5, 0.6) is 5.75 Å². The number of nitrogens with zero attached hydrogens (tertiary/aromatic N) is 1. The molecular weight excluding hydrogens is 380 g/mol. The van der Waals surface area contributed by atoms with Gasteiger partial charge < -0.3 is 15.0 Å². The summed E-state index contributed by atoms with van der Waals surface area (Å²) >= 11 is 0. The van der Waals surface area contributed by atoms with Gasteiger partial charge in [0.25, 0.3) is 0 Å². The van der Waals surface area contributed by atoms with E-state index in [0.29, 0.717) is 38.1 Å². The number of anilines is 1. The predicted molar refractivity (Wildman–Crippen MR) is 116 cm³/mol. The number of ether oxygens (including phenoxy) is 1. The Morgan fingerprint density at radius 2 is 1.63 bits per heavy atom. The second-order valence-electron chi connectivity index (χ2n) is 7.39. The van der Waals surface area contributed by atoms with Crippen molar-refractivity contribution in [1.29, 1.82) is 0 Å². The van der Waals surface area contributed by atoms with Crippen molar-refractivity contribution in [2.24, 2.45) is 5.92 Å². The number of carbonyl (C=O) groups excluding carboxylic acids is 3. The highest BCUT2D eigenvalue weighted by molar-refractivity contribution is 5.98. The summed E-state index contributed by atoms with van der Waals surface area (Å²) in [6.07, 6.45) is 1.64. The minimum atomic E-state index is -0.0975. The van der Waals surface area contributed by atoms with Crippen molar-refractivity contribution in [3.05, 3.63) is 60.2 Å². The van der Waals surface area contributed by atoms with Crippen LogP contribution in [0.15, 0.2) is 54.6 Å². The van der Waals surface area contributed by atoms with Crippen molar-refractivity contribution < 1.29 is 19.1 Å². The molecule has 0 radical (unpaired) electrons. The number of amides is 2. The lowest BCUT2D eigenvalue weighted by atomic mass is 9.95. The van der Waals surface area contributed by atoms with E-state index in [1.54, 1.807) is 29.2 Å². The van der Waals surface area contributed by atoms with Gasteiger partial charge in [-0.15, -0.1) is 0 Å². The van der Waals surface area contributed by atoms with E-state index in [4.69, 9.17) is 4.74 Å². The molecule has 2 aromatic rings. The SMILES string of the molecule is CCOc1ccc(C(=O)CCC(=O)N2CCC(C(=O)Nc3ccccc3)CC2)cc1. The van der Waals surface area contributed by atoms with Crippen LogP contribution in [0.4, 0.5) is 5.69 Å². The molecule has 0 aromatic heterocycles. The van der Waals surface area contributed by atoms with Crippen LogP contribution < -0.4 is 10.1 Å². The third kappa shape index (κ3) is 5.92. The second-order valence-corrected chi connectivity index (χ2v) is 7.39. The van der Waals surface area contributed by atoms with E-state index in [2.05, 4.69) is 5.32 Å². The summed E-state index contributed by atoms with van der Waals surface area (Å²) in [5, 5.41) is 2.93. The quantitative estimate of drug-likeness (QED) is 0.672. The lowest BCUT2D eigenvalue weighted by molar-refractivity contribution is -0.134. The Balaban J connectivity index is 1.41. The molecule has 0 atom stereocenters. The number of carbonyl (C=O) groups is 3. The Kier molecular flexibility index (Phi) is 7.60. The monoisotopic (exact) mass is 408 g/mol. The van der Waals surface area contributed by atoms with Crippen LogP contribution in [0.3, 0.4) is 0 Å². The Labute approximate surface area is 177 Å². The van der Waals surface area contributed by atoms with Crippen molar-refractivity contribution in [3.8, 4) is 5.75 Å². The summed E-state index contributed by atoms with van der Waals surface area (Å²) in [4.78, 5) is 39.0. The van der Waals surface area contributed by atoms with Gasteiger partial charge in [0.1, 0.15) is 5.75 Å². The Hall–Kier alpha value is -3.15. The fourth-order valence-electron chi connectivity index (χ4n) is 3.58. The molecule has 0 saturated carbocycles. The van der Waals surface area contributed by atoms with E-state index in [1.165, 1.54) is 0 Å². The number of para-hydroxylation sites is 1. The number of benzene rings is 2. The van der Waals surface area contributed by atoms with E-state index in [9.17, 15) is 14.4 Å². The Morgan fingerprint density at radius 1 is 0.967 bits per heavy atom. The van der Waals surface area contributed by atoms with Gasteiger partial charge in [0.05, 0.1) is 6.61 Å². The van der Waals surface area contributed by atoms with Crippen LogP contribution in [0.25, 0.3) is 0 Å². The summed E-state index contributed by atoms with van der Waals surface area (Å²) in [5.41, 5.74) is 1.37. The van der Waals surface area contributed by atoms with Crippen LogP contribution in [0, 0.1) is 5.92 Å². The number of ketones is 1. The number of hydrogen-bond donors (Lipinski definition) is 1. The largest absolute Gasteiger partial charge is 0.494 e. The standard InChI is InChI=1S/C24H28N2O4/c1-2-30-21-10-8-18(9-11-21)22(27)12-13-23(28)26-16-14-19(15-17-26)24(29)25-20-6-4-3-5-7-20/h3-11,19H,2,12-17H2,1H3,(H,25,29). The van der Waals surface area contributed by atoms with Gasteiger partial charge in [-0.2, -0.15) is 0 Å². The molecule has 1 fully saturated rings. The van der Waals surface area contributed by atoms with E-state index in [1.807, 2.05) is 37.3 Å². The fraction of sp³-hybridized carbons (Fsp3) is 0.375. The number of nitrogens with one attached hydrogen (secondary N) is 1. The molecule has 3 rings (SSSR count). The maximum atomic E-state index is 12.5. The molecule has 1 aliphatic rings. The highest BCUT2D eigenvalue weighted by Gasteiger charge is 2.27.